The number of rotatable bonds is 2. The van der Waals surface area contributed by atoms with E-state index in [0.717, 1.165) is 22.1 Å². The van der Waals surface area contributed by atoms with Gasteiger partial charge in [-0.05, 0) is 50.6 Å². The van der Waals surface area contributed by atoms with Gasteiger partial charge in [-0.1, -0.05) is 42.1 Å². The maximum absolute atomic E-state index is 12.9. The van der Waals surface area contributed by atoms with Crippen LogP contribution in [-0.4, -0.2) is 22.5 Å². The lowest BCUT2D eigenvalue weighted by molar-refractivity contribution is 0.259. The Morgan fingerprint density at radius 3 is 2.54 bits per heavy atom. The lowest BCUT2D eigenvalue weighted by Crippen LogP contribution is -2.38. The summed E-state index contributed by atoms with van der Waals surface area (Å²) in [5.74, 6) is 0. The zero-order valence-electron chi connectivity index (χ0n) is 14.1. The smallest absolute Gasteiger partial charge is 0.307 e. The van der Waals surface area contributed by atoms with Crippen LogP contribution in [0.4, 0.5) is 16.2 Å². The van der Waals surface area contributed by atoms with Gasteiger partial charge in [0.25, 0.3) is 0 Å². The van der Waals surface area contributed by atoms with E-state index in [0.29, 0.717) is 6.54 Å². The molecule has 2 aromatic carbocycles. The molecule has 0 fully saturated rings. The molecule has 0 spiro atoms. The van der Waals surface area contributed by atoms with Gasteiger partial charge in [-0.3, -0.25) is 4.99 Å². The van der Waals surface area contributed by atoms with Gasteiger partial charge < -0.3 is 5.32 Å². The van der Waals surface area contributed by atoms with Crippen molar-refractivity contribution in [2.24, 2.45) is 4.99 Å². The first-order valence-corrected chi connectivity index (χ1v) is 8.73. The van der Waals surface area contributed by atoms with Gasteiger partial charge in [0, 0.05) is 10.4 Å². The number of hydrogen-bond acceptors (Lipinski definition) is 3. The molecule has 2 aromatic rings. The number of aryl methyl sites for hydroxylation is 1. The molecular weight excluding hydrogens is 318 g/mol. The number of benzene rings is 2. The van der Waals surface area contributed by atoms with Crippen LogP contribution in [-0.2, 0) is 0 Å². The third-order valence-corrected chi connectivity index (χ3v) is 4.82. The highest BCUT2D eigenvalue weighted by Crippen LogP contribution is 2.35. The van der Waals surface area contributed by atoms with E-state index in [4.69, 9.17) is 0 Å². The predicted molar refractivity (Wildman–Crippen MR) is 103 cm³/mol. The lowest BCUT2D eigenvalue weighted by Gasteiger charge is -2.24. The Kier molecular flexibility index (Phi) is 4.62. The highest BCUT2D eigenvalue weighted by atomic mass is 32.2. The molecule has 0 radical (unpaired) electrons. The third kappa shape index (κ3) is 3.79. The number of hydrogen-bond donors (Lipinski definition) is 1. The van der Waals surface area contributed by atoms with Gasteiger partial charge in [0.1, 0.15) is 0 Å². The minimum atomic E-state index is -0.198. The first kappa shape index (κ1) is 16.6. The Balaban J connectivity index is 1.92. The van der Waals surface area contributed by atoms with Crippen molar-refractivity contribution in [3.05, 3.63) is 60.2 Å². The van der Waals surface area contributed by atoms with E-state index in [9.17, 15) is 4.79 Å². The first-order chi connectivity index (χ1) is 11.4. The molecule has 5 heteroatoms. The van der Waals surface area contributed by atoms with Crippen molar-refractivity contribution in [2.75, 3.05) is 16.8 Å². The number of aliphatic imine (C=N–C) groups is 1. The van der Waals surface area contributed by atoms with E-state index >= 15 is 0 Å². The molecular formula is C19H21N3OS. The number of urea groups is 1. The minimum absolute atomic E-state index is 0.00440. The largest absolute Gasteiger partial charge is 0.332 e. The van der Waals surface area contributed by atoms with E-state index in [1.165, 1.54) is 0 Å². The quantitative estimate of drug-likeness (QED) is 0.844. The minimum Gasteiger partial charge on any atom is -0.307 e. The summed E-state index contributed by atoms with van der Waals surface area (Å²) in [5.41, 5.74) is 2.70. The van der Waals surface area contributed by atoms with E-state index in [1.54, 1.807) is 16.7 Å². The molecule has 2 amide bonds. The Bertz CT molecular complexity index is 771. The van der Waals surface area contributed by atoms with Gasteiger partial charge in [0.05, 0.1) is 12.2 Å². The summed E-state index contributed by atoms with van der Waals surface area (Å²) in [6, 6.07) is 17.2. The molecule has 0 bridgehead atoms. The second-order valence-electron chi connectivity index (χ2n) is 6.43. The Labute approximate surface area is 147 Å². The fourth-order valence-electron chi connectivity index (χ4n) is 2.47. The zero-order chi connectivity index (χ0) is 17.2. The summed E-state index contributed by atoms with van der Waals surface area (Å²) in [6.45, 7) is 6.99. The van der Waals surface area contributed by atoms with Gasteiger partial charge in [-0.2, -0.15) is 0 Å². The molecule has 1 aliphatic heterocycles. The van der Waals surface area contributed by atoms with Crippen molar-refractivity contribution in [3.8, 4) is 0 Å². The number of nitrogens with zero attached hydrogens (tertiary/aromatic N) is 2. The van der Waals surface area contributed by atoms with Crippen LogP contribution in [0.3, 0.4) is 0 Å². The lowest BCUT2D eigenvalue weighted by atomic mass is 10.2. The summed E-state index contributed by atoms with van der Waals surface area (Å²) in [4.78, 5) is 19.2. The van der Waals surface area contributed by atoms with Gasteiger partial charge in [-0.15, -0.1) is 0 Å². The Morgan fingerprint density at radius 2 is 1.92 bits per heavy atom. The van der Waals surface area contributed by atoms with Crippen molar-refractivity contribution in [1.82, 2.24) is 0 Å². The van der Waals surface area contributed by atoms with E-state index < -0.39 is 0 Å². The highest BCUT2D eigenvalue weighted by Gasteiger charge is 2.33. The molecule has 0 aliphatic carbocycles. The summed E-state index contributed by atoms with van der Waals surface area (Å²) < 4.78 is 0.00440. The number of amides is 2. The van der Waals surface area contributed by atoms with E-state index in [1.807, 2.05) is 61.5 Å². The molecule has 24 heavy (non-hydrogen) atoms. The Hall–Kier alpha value is -2.27. The third-order valence-electron chi connectivity index (χ3n) is 3.64. The van der Waals surface area contributed by atoms with Crippen molar-refractivity contribution in [1.29, 1.82) is 0 Å². The average molecular weight is 339 g/mol. The normalized spacial score (nSPS) is 15.7. The van der Waals surface area contributed by atoms with Crippen LogP contribution in [0.2, 0.25) is 0 Å². The zero-order valence-corrected chi connectivity index (χ0v) is 14.9. The van der Waals surface area contributed by atoms with Crippen LogP contribution in [0.25, 0.3) is 0 Å². The number of carbonyl (C=O) groups excluding carboxylic acids is 1. The monoisotopic (exact) mass is 339 g/mol. The maximum atomic E-state index is 12.9. The van der Waals surface area contributed by atoms with Crippen molar-refractivity contribution in [3.63, 3.8) is 0 Å². The van der Waals surface area contributed by atoms with Crippen LogP contribution in [0, 0.1) is 6.92 Å². The molecule has 124 valence electrons. The molecule has 3 rings (SSSR count). The number of para-hydroxylation sites is 1. The summed E-state index contributed by atoms with van der Waals surface area (Å²) >= 11 is 1.63. The fraction of sp³-hybridized carbons (Fsp3) is 0.263. The Morgan fingerprint density at radius 1 is 1.17 bits per heavy atom. The molecule has 0 atom stereocenters. The molecule has 0 unspecified atom stereocenters. The number of nitrogens with one attached hydrogen (secondary N) is 1. The second-order valence-corrected chi connectivity index (χ2v) is 8.11. The molecule has 1 N–H and O–H groups in total. The summed E-state index contributed by atoms with van der Waals surface area (Å²) in [6.07, 6.45) is 0. The van der Waals surface area contributed by atoms with Crippen molar-refractivity contribution in [2.45, 2.75) is 25.5 Å². The molecule has 1 heterocycles. The van der Waals surface area contributed by atoms with Crippen LogP contribution in [0.5, 0.6) is 0 Å². The first-order valence-electron chi connectivity index (χ1n) is 7.91. The predicted octanol–water partition coefficient (Wildman–Crippen LogP) is 4.91. The number of amidine groups is 1. The number of carbonyl (C=O) groups is 1. The number of anilines is 2. The summed E-state index contributed by atoms with van der Waals surface area (Å²) in [7, 11) is 0. The maximum Gasteiger partial charge on any atom is 0.332 e. The van der Waals surface area contributed by atoms with Gasteiger partial charge in [-0.25, -0.2) is 9.69 Å². The number of thioether (sulfide) groups is 1. The van der Waals surface area contributed by atoms with Crippen LogP contribution < -0.4 is 10.2 Å². The van der Waals surface area contributed by atoms with Gasteiger partial charge in [0.2, 0.25) is 0 Å². The van der Waals surface area contributed by atoms with Crippen molar-refractivity contribution < 1.29 is 4.79 Å². The fourth-order valence-corrected chi connectivity index (χ4v) is 3.50. The molecule has 0 saturated heterocycles. The van der Waals surface area contributed by atoms with Gasteiger partial charge in [0.15, 0.2) is 5.17 Å². The van der Waals surface area contributed by atoms with Crippen molar-refractivity contribution >= 4 is 34.3 Å². The van der Waals surface area contributed by atoms with Crippen LogP contribution >= 0.6 is 11.8 Å². The molecule has 4 nitrogen and oxygen atoms in total. The van der Waals surface area contributed by atoms with Crippen LogP contribution in [0.1, 0.15) is 19.4 Å². The topological polar surface area (TPSA) is 44.7 Å². The standard InChI is InChI=1S/C19H21N3OS/c1-14-8-7-11-16(12-14)22(18-20-13-19(2,3)24-18)17(23)21-15-9-5-4-6-10-15/h4-12H,13H2,1-3H3,(H,21,23). The molecule has 1 aliphatic rings. The van der Waals surface area contributed by atoms with Crippen LogP contribution in [0.15, 0.2) is 59.6 Å². The van der Waals surface area contributed by atoms with E-state index in [-0.39, 0.29) is 10.8 Å². The second kappa shape index (κ2) is 6.69. The highest BCUT2D eigenvalue weighted by molar-refractivity contribution is 8.15. The molecule has 0 aromatic heterocycles. The SMILES string of the molecule is Cc1cccc(N(C(=O)Nc2ccccc2)C2=NCC(C)(C)S2)c1. The molecule has 0 saturated carbocycles. The van der Waals surface area contributed by atoms with Gasteiger partial charge >= 0.3 is 6.03 Å². The summed E-state index contributed by atoms with van der Waals surface area (Å²) in [5, 5.41) is 3.69. The van der Waals surface area contributed by atoms with E-state index in [2.05, 4.69) is 24.2 Å². The average Bonchev–Trinajstić information content (AvgIpc) is 2.88.